The Labute approximate surface area is 124 Å². The molecule has 0 aliphatic carbocycles. The fourth-order valence-corrected chi connectivity index (χ4v) is 2.19. The highest BCUT2D eigenvalue weighted by atomic mass is 16.5. The Hall–Kier alpha value is -2.08. The van der Waals surface area contributed by atoms with E-state index in [1.807, 2.05) is 18.2 Å². The van der Waals surface area contributed by atoms with Gasteiger partial charge in [0.2, 0.25) is 5.91 Å². The fraction of sp³-hybridized carbons (Fsp3) is 0.467. The Bertz CT molecular complexity index is 518. The van der Waals surface area contributed by atoms with Gasteiger partial charge in [0, 0.05) is 27.3 Å². The first-order valence-electron chi connectivity index (χ1n) is 6.92. The van der Waals surface area contributed by atoms with Gasteiger partial charge in [-0.05, 0) is 18.6 Å². The van der Waals surface area contributed by atoms with Crippen molar-refractivity contribution in [1.29, 1.82) is 0 Å². The average molecular weight is 292 g/mol. The molecule has 0 saturated carbocycles. The maximum Gasteiger partial charge on any atom is 0.268 e. The highest BCUT2D eigenvalue weighted by Crippen LogP contribution is 2.33. The summed E-state index contributed by atoms with van der Waals surface area (Å²) in [4.78, 5) is 25.6. The largest absolute Gasteiger partial charge is 0.478 e. The Morgan fingerprint density at radius 3 is 2.95 bits per heavy atom. The van der Waals surface area contributed by atoms with Gasteiger partial charge in [-0.1, -0.05) is 12.1 Å². The van der Waals surface area contributed by atoms with Gasteiger partial charge < -0.3 is 19.7 Å². The standard InChI is InChI=1S/C15H20N2O4/c1-17-11-6-3-4-7-12(11)21-13(15(17)19)10-14(18)16-8-5-9-20-2/h3-4,6-7,13H,5,8-10H2,1-2H3,(H,16,18). The minimum atomic E-state index is -0.771. The molecule has 1 aromatic carbocycles. The van der Waals surface area contributed by atoms with E-state index >= 15 is 0 Å². The second kappa shape index (κ2) is 7.08. The van der Waals surface area contributed by atoms with Crippen LogP contribution in [0.3, 0.4) is 0 Å². The van der Waals surface area contributed by atoms with Gasteiger partial charge in [0.1, 0.15) is 5.75 Å². The number of carbonyl (C=O) groups is 2. The lowest BCUT2D eigenvalue weighted by Gasteiger charge is -2.31. The van der Waals surface area contributed by atoms with E-state index in [9.17, 15) is 9.59 Å². The van der Waals surface area contributed by atoms with Crippen molar-refractivity contribution in [3.63, 3.8) is 0 Å². The summed E-state index contributed by atoms with van der Waals surface area (Å²) in [7, 11) is 3.30. The second-order valence-corrected chi connectivity index (χ2v) is 4.87. The normalized spacial score (nSPS) is 17.1. The van der Waals surface area contributed by atoms with Gasteiger partial charge in [-0.25, -0.2) is 0 Å². The molecular formula is C15H20N2O4. The molecule has 2 rings (SSSR count). The molecule has 0 fully saturated rings. The fourth-order valence-electron chi connectivity index (χ4n) is 2.19. The third kappa shape index (κ3) is 3.72. The molecule has 0 bridgehead atoms. The average Bonchev–Trinajstić information content (AvgIpc) is 2.49. The van der Waals surface area contributed by atoms with Crippen LogP contribution in [-0.4, -0.2) is 45.2 Å². The molecule has 0 saturated heterocycles. The lowest BCUT2D eigenvalue weighted by Crippen LogP contribution is -2.46. The van der Waals surface area contributed by atoms with Gasteiger partial charge in [-0.2, -0.15) is 0 Å². The van der Waals surface area contributed by atoms with E-state index in [4.69, 9.17) is 9.47 Å². The second-order valence-electron chi connectivity index (χ2n) is 4.87. The number of benzene rings is 1. The number of nitrogens with zero attached hydrogens (tertiary/aromatic N) is 1. The number of hydrogen-bond acceptors (Lipinski definition) is 4. The van der Waals surface area contributed by atoms with Gasteiger partial charge in [-0.15, -0.1) is 0 Å². The van der Waals surface area contributed by atoms with E-state index in [1.165, 1.54) is 4.90 Å². The Morgan fingerprint density at radius 1 is 1.43 bits per heavy atom. The third-order valence-electron chi connectivity index (χ3n) is 3.32. The number of methoxy groups -OCH3 is 1. The highest BCUT2D eigenvalue weighted by molar-refractivity contribution is 6.01. The predicted molar refractivity (Wildman–Crippen MR) is 78.4 cm³/mol. The Kier molecular flexibility index (Phi) is 5.16. The lowest BCUT2D eigenvalue weighted by atomic mass is 10.1. The topological polar surface area (TPSA) is 67.9 Å². The highest BCUT2D eigenvalue weighted by Gasteiger charge is 2.33. The zero-order chi connectivity index (χ0) is 15.2. The van der Waals surface area contributed by atoms with E-state index in [0.29, 0.717) is 18.9 Å². The van der Waals surface area contributed by atoms with Crippen molar-refractivity contribution < 1.29 is 19.1 Å². The van der Waals surface area contributed by atoms with Gasteiger partial charge in [0.05, 0.1) is 12.1 Å². The van der Waals surface area contributed by atoms with Crippen LogP contribution in [0.25, 0.3) is 0 Å². The maximum atomic E-state index is 12.2. The van der Waals surface area contributed by atoms with Crippen molar-refractivity contribution in [1.82, 2.24) is 5.32 Å². The first-order chi connectivity index (χ1) is 10.1. The number of hydrogen-bond donors (Lipinski definition) is 1. The third-order valence-corrected chi connectivity index (χ3v) is 3.32. The summed E-state index contributed by atoms with van der Waals surface area (Å²) in [5.74, 6) is 0.217. The molecule has 6 heteroatoms. The molecule has 1 aliphatic heterocycles. The van der Waals surface area contributed by atoms with E-state index in [-0.39, 0.29) is 18.2 Å². The van der Waals surface area contributed by atoms with Crippen LogP contribution in [-0.2, 0) is 14.3 Å². The molecule has 1 aromatic rings. The van der Waals surface area contributed by atoms with Crippen molar-refractivity contribution in [2.75, 3.05) is 32.2 Å². The number of carbonyl (C=O) groups excluding carboxylic acids is 2. The number of amides is 2. The molecule has 21 heavy (non-hydrogen) atoms. The molecule has 114 valence electrons. The number of likely N-dealkylation sites (N-methyl/N-ethyl adjacent to an activating group) is 1. The quantitative estimate of drug-likeness (QED) is 0.793. The van der Waals surface area contributed by atoms with Crippen molar-refractivity contribution in [2.24, 2.45) is 0 Å². The predicted octanol–water partition coefficient (Wildman–Crippen LogP) is 0.953. The first-order valence-corrected chi connectivity index (χ1v) is 6.92. The summed E-state index contributed by atoms with van der Waals surface area (Å²) in [6.07, 6.45) is -0.0121. The van der Waals surface area contributed by atoms with Crippen LogP contribution in [0.15, 0.2) is 24.3 Å². The van der Waals surface area contributed by atoms with Gasteiger partial charge in [-0.3, -0.25) is 9.59 Å². The summed E-state index contributed by atoms with van der Waals surface area (Å²) < 4.78 is 10.5. The summed E-state index contributed by atoms with van der Waals surface area (Å²) >= 11 is 0. The van der Waals surface area contributed by atoms with Crippen LogP contribution >= 0.6 is 0 Å². The minimum Gasteiger partial charge on any atom is -0.478 e. The molecule has 1 atom stereocenters. The molecule has 1 unspecified atom stereocenters. The molecule has 1 heterocycles. The Balaban J connectivity index is 1.93. The molecule has 2 amide bonds. The molecule has 1 aliphatic rings. The van der Waals surface area contributed by atoms with Crippen molar-refractivity contribution >= 4 is 17.5 Å². The molecule has 0 radical (unpaired) electrons. The summed E-state index contributed by atoms with van der Waals surface area (Å²) in [6, 6.07) is 7.29. The van der Waals surface area contributed by atoms with Crippen LogP contribution < -0.4 is 15.0 Å². The molecule has 1 N–H and O–H groups in total. The maximum absolute atomic E-state index is 12.2. The van der Waals surface area contributed by atoms with Crippen molar-refractivity contribution in [3.05, 3.63) is 24.3 Å². The summed E-state index contributed by atoms with van der Waals surface area (Å²) in [5.41, 5.74) is 0.722. The van der Waals surface area contributed by atoms with Crippen molar-refractivity contribution in [2.45, 2.75) is 18.9 Å². The summed E-state index contributed by atoms with van der Waals surface area (Å²) in [5, 5.41) is 2.75. The molecular weight excluding hydrogens is 272 g/mol. The molecule has 0 aromatic heterocycles. The van der Waals surface area contributed by atoms with Crippen LogP contribution in [0, 0.1) is 0 Å². The van der Waals surface area contributed by atoms with E-state index in [0.717, 1.165) is 12.1 Å². The van der Waals surface area contributed by atoms with Crippen molar-refractivity contribution in [3.8, 4) is 5.75 Å². The first kappa shape index (κ1) is 15.3. The number of rotatable bonds is 6. The SMILES string of the molecule is COCCCNC(=O)CC1Oc2ccccc2N(C)C1=O. The Morgan fingerprint density at radius 2 is 2.19 bits per heavy atom. The van der Waals surface area contributed by atoms with Gasteiger partial charge in [0.25, 0.3) is 5.91 Å². The molecule has 0 spiro atoms. The number of nitrogens with one attached hydrogen (secondary N) is 1. The number of anilines is 1. The van der Waals surface area contributed by atoms with Crippen LogP contribution in [0.4, 0.5) is 5.69 Å². The molecule has 6 nitrogen and oxygen atoms in total. The van der Waals surface area contributed by atoms with Gasteiger partial charge in [0.15, 0.2) is 6.10 Å². The zero-order valence-corrected chi connectivity index (χ0v) is 12.3. The van der Waals surface area contributed by atoms with Crippen LogP contribution in [0.1, 0.15) is 12.8 Å². The monoisotopic (exact) mass is 292 g/mol. The number of fused-ring (bicyclic) bond motifs is 1. The number of para-hydroxylation sites is 2. The van der Waals surface area contributed by atoms with Crippen LogP contribution in [0.2, 0.25) is 0 Å². The lowest BCUT2D eigenvalue weighted by molar-refractivity contribution is -0.132. The van der Waals surface area contributed by atoms with E-state index < -0.39 is 6.10 Å². The van der Waals surface area contributed by atoms with E-state index in [2.05, 4.69) is 5.32 Å². The number of ether oxygens (including phenoxy) is 2. The van der Waals surface area contributed by atoms with Crippen LogP contribution in [0.5, 0.6) is 5.75 Å². The smallest absolute Gasteiger partial charge is 0.268 e. The minimum absolute atomic E-state index is 0.0183. The summed E-state index contributed by atoms with van der Waals surface area (Å²) in [6.45, 7) is 1.12. The van der Waals surface area contributed by atoms with E-state index in [1.54, 1.807) is 20.2 Å². The van der Waals surface area contributed by atoms with Gasteiger partial charge >= 0.3 is 0 Å². The zero-order valence-electron chi connectivity index (χ0n) is 12.3.